The van der Waals surface area contributed by atoms with Gasteiger partial charge in [0.05, 0.1) is 18.9 Å². The molecule has 1 aliphatic rings. The first kappa shape index (κ1) is 24.4. The van der Waals surface area contributed by atoms with Crippen LogP contribution in [0.1, 0.15) is 74.8 Å². The molecule has 1 aromatic carbocycles. The summed E-state index contributed by atoms with van der Waals surface area (Å²) in [6.45, 7) is 6.85. The summed E-state index contributed by atoms with van der Waals surface area (Å²) >= 11 is 0. The zero-order valence-corrected chi connectivity index (χ0v) is 20.2. The van der Waals surface area contributed by atoms with E-state index < -0.39 is 5.97 Å². The van der Waals surface area contributed by atoms with Crippen LogP contribution in [0.25, 0.3) is 0 Å². The van der Waals surface area contributed by atoms with E-state index in [1.54, 1.807) is 6.07 Å². The number of carbonyl (C=O) groups excluding carboxylic acids is 1. The molecule has 1 atom stereocenters. The van der Waals surface area contributed by atoms with E-state index in [1.165, 1.54) is 0 Å². The Bertz CT molecular complexity index is 1160. The number of carboxylic acids is 1. The van der Waals surface area contributed by atoms with E-state index in [9.17, 15) is 9.59 Å². The lowest BCUT2D eigenvalue weighted by atomic mass is 9.97. The minimum atomic E-state index is -0.887. The number of rotatable bonds is 9. The van der Waals surface area contributed by atoms with Gasteiger partial charge in [-0.3, -0.25) is 9.59 Å². The van der Waals surface area contributed by atoms with Gasteiger partial charge in [0.2, 0.25) is 17.6 Å². The minimum absolute atomic E-state index is 0.0118. The smallest absolute Gasteiger partial charge is 0.303 e. The number of ether oxygens (including phenoxy) is 1. The third-order valence-corrected chi connectivity index (χ3v) is 5.83. The fourth-order valence-corrected chi connectivity index (χ4v) is 3.95. The van der Waals surface area contributed by atoms with Crippen LogP contribution >= 0.6 is 0 Å². The van der Waals surface area contributed by atoms with Gasteiger partial charge in [0, 0.05) is 24.4 Å². The second kappa shape index (κ2) is 10.3. The highest BCUT2D eigenvalue weighted by Gasteiger charge is 2.32. The summed E-state index contributed by atoms with van der Waals surface area (Å²) in [7, 11) is 0. The highest BCUT2D eigenvalue weighted by Crippen LogP contribution is 2.32. The number of amides is 1. The molecule has 3 aromatic rings. The monoisotopic (exact) mass is 482 g/mol. The van der Waals surface area contributed by atoms with Crippen LogP contribution in [-0.4, -0.2) is 43.7 Å². The van der Waals surface area contributed by atoms with Crippen LogP contribution in [0.15, 0.2) is 39.4 Å². The second-order valence-corrected chi connectivity index (χ2v) is 9.73. The molecule has 10 heteroatoms. The molecule has 0 radical (unpaired) electrons. The lowest BCUT2D eigenvalue weighted by Gasteiger charge is -2.23. The second-order valence-electron chi connectivity index (χ2n) is 9.73. The van der Waals surface area contributed by atoms with Crippen LogP contribution in [0.4, 0.5) is 0 Å². The maximum atomic E-state index is 13.0. The number of aliphatic carboxylic acids is 1. The van der Waals surface area contributed by atoms with Gasteiger partial charge >= 0.3 is 5.97 Å². The summed E-state index contributed by atoms with van der Waals surface area (Å²) in [6, 6.07) is 8.99. The third kappa shape index (κ3) is 6.26. The topological polar surface area (TPSA) is 132 Å². The lowest BCUT2D eigenvalue weighted by molar-refractivity contribution is -0.137. The first-order valence-corrected chi connectivity index (χ1v) is 11.7. The Labute approximate surface area is 203 Å². The van der Waals surface area contributed by atoms with Gasteiger partial charge in [-0.2, -0.15) is 4.98 Å². The van der Waals surface area contributed by atoms with Crippen molar-refractivity contribution < 1.29 is 28.5 Å². The Morgan fingerprint density at radius 3 is 2.63 bits per heavy atom. The predicted molar refractivity (Wildman–Crippen MR) is 124 cm³/mol. The summed E-state index contributed by atoms with van der Waals surface area (Å²) in [4.78, 5) is 30.0. The standard InChI is InChI=1S/C25H30N4O6/c1-25(2,3)24-26-21(28-35-24)15-33-17-8-6-16(7-9-17)13-22(30)29-12-4-5-20(29)19-14-18(34-27-19)10-11-23(31)32/h6-9,14,20H,4-5,10-13,15H2,1-3H3,(H,31,32). The van der Waals surface area contributed by atoms with E-state index in [1.807, 2.05) is 49.9 Å². The van der Waals surface area contributed by atoms with Crippen LogP contribution in [0.3, 0.4) is 0 Å². The molecule has 0 spiro atoms. The number of benzene rings is 1. The van der Waals surface area contributed by atoms with Gasteiger partial charge in [-0.15, -0.1) is 0 Å². The molecule has 1 N–H and O–H groups in total. The van der Waals surface area contributed by atoms with Gasteiger partial charge in [-0.25, -0.2) is 0 Å². The van der Waals surface area contributed by atoms with E-state index in [0.717, 1.165) is 18.4 Å². The molecule has 1 aliphatic heterocycles. The molecule has 10 nitrogen and oxygen atoms in total. The molecule has 4 rings (SSSR count). The summed E-state index contributed by atoms with van der Waals surface area (Å²) in [6.07, 6.45) is 2.21. The summed E-state index contributed by atoms with van der Waals surface area (Å²) in [5, 5.41) is 16.9. The zero-order valence-electron chi connectivity index (χ0n) is 20.2. The molecule has 0 saturated carbocycles. The van der Waals surface area contributed by atoms with Crippen LogP contribution in [-0.2, 0) is 34.5 Å². The Kier molecular flexibility index (Phi) is 7.18. The van der Waals surface area contributed by atoms with Crippen molar-refractivity contribution in [2.45, 2.75) is 70.9 Å². The van der Waals surface area contributed by atoms with Crippen LogP contribution < -0.4 is 4.74 Å². The molecule has 0 aliphatic carbocycles. The molecule has 186 valence electrons. The highest BCUT2D eigenvalue weighted by molar-refractivity contribution is 5.79. The summed E-state index contributed by atoms with van der Waals surface area (Å²) in [5.41, 5.74) is 1.34. The molecule has 1 amide bonds. The lowest BCUT2D eigenvalue weighted by Crippen LogP contribution is -2.32. The molecule has 35 heavy (non-hydrogen) atoms. The zero-order chi connectivity index (χ0) is 25.0. The number of hydrogen-bond acceptors (Lipinski definition) is 8. The molecular formula is C25H30N4O6. The fraction of sp³-hybridized carbons (Fsp3) is 0.480. The molecule has 1 unspecified atom stereocenters. The molecule has 1 fully saturated rings. The van der Waals surface area contributed by atoms with Gasteiger partial charge in [0.1, 0.15) is 17.2 Å². The number of carboxylic acid groups (broad SMARTS) is 1. The average molecular weight is 483 g/mol. The van der Waals surface area contributed by atoms with Crippen molar-refractivity contribution in [2.24, 2.45) is 0 Å². The van der Waals surface area contributed by atoms with Crippen molar-refractivity contribution in [3.8, 4) is 5.75 Å². The first-order chi connectivity index (χ1) is 16.7. The van der Waals surface area contributed by atoms with Crippen molar-refractivity contribution in [1.29, 1.82) is 0 Å². The molecule has 3 heterocycles. The number of nitrogens with zero attached hydrogens (tertiary/aromatic N) is 4. The summed E-state index contributed by atoms with van der Waals surface area (Å²) < 4.78 is 16.3. The SMILES string of the molecule is CC(C)(C)c1nc(COc2ccc(CC(=O)N3CCCC3c3cc(CCC(=O)O)on3)cc2)no1. The van der Waals surface area contributed by atoms with Crippen LogP contribution in [0, 0.1) is 0 Å². The number of likely N-dealkylation sites (tertiary alicyclic amines) is 1. The number of hydrogen-bond donors (Lipinski definition) is 1. The van der Waals surface area contributed by atoms with E-state index >= 15 is 0 Å². The van der Waals surface area contributed by atoms with Crippen LogP contribution in [0.2, 0.25) is 0 Å². The molecule has 2 aromatic heterocycles. The minimum Gasteiger partial charge on any atom is -0.485 e. The normalized spacial score (nSPS) is 16.0. The fourth-order valence-electron chi connectivity index (χ4n) is 3.95. The first-order valence-electron chi connectivity index (χ1n) is 11.7. The number of aryl methyl sites for hydroxylation is 1. The van der Waals surface area contributed by atoms with Crippen molar-refractivity contribution in [2.75, 3.05) is 6.54 Å². The number of aromatic nitrogens is 3. The highest BCUT2D eigenvalue weighted by atomic mass is 16.5. The van der Waals surface area contributed by atoms with Crippen molar-refractivity contribution in [1.82, 2.24) is 20.2 Å². The van der Waals surface area contributed by atoms with E-state index in [0.29, 0.717) is 35.5 Å². The molecule has 1 saturated heterocycles. The largest absolute Gasteiger partial charge is 0.485 e. The van der Waals surface area contributed by atoms with E-state index in [4.69, 9.17) is 18.9 Å². The van der Waals surface area contributed by atoms with Crippen molar-refractivity contribution in [3.05, 3.63) is 59.1 Å². The van der Waals surface area contributed by atoms with Gasteiger partial charge in [0.15, 0.2) is 6.61 Å². The molecule has 0 bridgehead atoms. The maximum absolute atomic E-state index is 13.0. The van der Waals surface area contributed by atoms with Crippen molar-refractivity contribution >= 4 is 11.9 Å². The third-order valence-electron chi connectivity index (χ3n) is 5.83. The van der Waals surface area contributed by atoms with E-state index in [2.05, 4.69) is 15.3 Å². The molecular weight excluding hydrogens is 452 g/mol. The van der Waals surface area contributed by atoms with Gasteiger partial charge < -0.3 is 23.8 Å². The Hall–Kier alpha value is -3.69. The van der Waals surface area contributed by atoms with Crippen molar-refractivity contribution in [3.63, 3.8) is 0 Å². The number of carbonyl (C=O) groups is 2. The Balaban J connectivity index is 1.31. The van der Waals surface area contributed by atoms with Gasteiger partial charge in [-0.1, -0.05) is 43.2 Å². The van der Waals surface area contributed by atoms with E-state index in [-0.39, 0.29) is 43.2 Å². The Morgan fingerprint density at radius 1 is 1.17 bits per heavy atom. The maximum Gasteiger partial charge on any atom is 0.303 e. The average Bonchev–Trinajstić information content (AvgIpc) is 3.57. The summed E-state index contributed by atoms with van der Waals surface area (Å²) in [5.74, 6) is 1.34. The Morgan fingerprint density at radius 2 is 1.94 bits per heavy atom. The van der Waals surface area contributed by atoms with Gasteiger partial charge in [-0.05, 0) is 30.5 Å². The van der Waals surface area contributed by atoms with Crippen LogP contribution in [0.5, 0.6) is 5.75 Å². The predicted octanol–water partition coefficient (Wildman–Crippen LogP) is 3.86. The quantitative estimate of drug-likeness (QED) is 0.483. The van der Waals surface area contributed by atoms with Gasteiger partial charge in [0.25, 0.3) is 0 Å².